The number of carbonyl (C=O) groups is 1. The fourth-order valence-electron chi connectivity index (χ4n) is 0. The molecule has 0 saturated heterocycles. The van der Waals surface area contributed by atoms with Crippen molar-refractivity contribution in [1.29, 1.82) is 0 Å². The second-order valence-corrected chi connectivity index (χ2v) is 12.6. The zero-order valence-corrected chi connectivity index (χ0v) is 9.94. The fourth-order valence-corrected chi connectivity index (χ4v) is 0. The van der Waals surface area contributed by atoms with E-state index < -0.39 is 25.7 Å². The number of hydrogen-bond acceptors (Lipinski definition) is 1. The second-order valence-electron chi connectivity index (χ2n) is 2.32. The van der Waals surface area contributed by atoms with Gasteiger partial charge in [0.15, 0.2) is 0 Å². The molecule has 9 heavy (non-hydrogen) atoms. The Labute approximate surface area is 64.0 Å². The molecule has 0 fully saturated rings. The van der Waals surface area contributed by atoms with E-state index in [2.05, 4.69) is 16.8 Å². The third kappa shape index (κ3) is 63.1. The van der Waals surface area contributed by atoms with Gasteiger partial charge in [-0.2, -0.15) is 0 Å². The molecule has 0 aromatic heterocycles. The molecule has 0 atom stereocenters. The van der Waals surface area contributed by atoms with Crippen LogP contribution in [0.5, 0.6) is 0 Å². The molecule has 0 aliphatic carbocycles. The molecule has 0 aromatic rings. The minimum absolute atomic E-state index is 0.679. The molecule has 2 nitrogen and oxygen atoms in total. The summed E-state index contributed by atoms with van der Waals surface area (Å²) >= 11 is -0.679. The Morgan fingerprint density at radius 3 is 1.67 bits per heavy atom. The van der Waals surface area contributed by atoms with Crippen LogP contribution in [0.1, 0.15) is 13.8 Å². The van der Waals surface area contributed by atoms with Gasteiger partial charge in [-0.15, -0.1) is 0 Å². The Morgan fingerprint density at radius 2 is 1.67 bits per heavy atom. The van der Waals surface area contributed by atoms with Crippen LogP contribution in [0.3, 0.4) is 0 Å². The molecule has 0 aliphatic heterocycles. The van der Waals surface area contributed by atoms with Crippen LogP contribution in [0.4, 0.5) is 0 Å². The van der Waals surface area contributed by atoms with Gasteiger partial charge in [-0.1, -0.05) is 0 Å². The molecule has 0 radical (unpaired) electrons. The van der Waals surface area contributed by atoms with E-state index in [1.54, 1.807) is 0 Å². The molecule has 0 aromatic carbocycles. The first-order valence-electron chi connectivity index (χ1n) is 3.20. The zero-order chi connectivity index (χ0) is 7.86. The summed E-state index contributed by atoms with van der Waals surface area (Å²) in [7, 11) is 0. The number of hydrogen-bond donors (Lipinski definition) is 1. The summed E-state index contributed by atoms with van der Waals surface area (Å²) in [5.41, 5.74) is 0. The molecule has 0 rings (SSSR count). The quantitative estimate of drug-likeness (QED) is 0.705. The summed E-state index contributed by atoms with van der Waals surface area (Å²) < 4.78 is 1.52. The molecule has 0 heterocycles. The van der Waals surface area contributed by atoms with Gasteiger partial charge in [-0.05, 0) is 0 Å². The van der Waals surface area contributed by atoms with Gasteiger partial charge in [0, 0.05) is 6.92 Å². The van der Waals surface area contributed by atoms with Crippen LogP contribution in [-0.4, -0.2) is 30.8 Å². The van der Waals surface area contributed by atoms with Crippen molar-refractivity contribution in [3.05, 3.63) is 0 Å². The van der Waals surface area contributed by atoms with Crippen molar-refractivity contribution in [3.8, 4) is 0 Å². The molecular formula is C6H16O2Sn. The van der Waals surface area contributed by atoms with Crippen molar-refractivity contribution in [2.24, 2.45) is 0 Å². The molecule has 1 N–H and O–H groups in total. The second kappa shape index (κ2) is 8.27. The van der Waals surface area contributed by atoms with Gasteiger partial charge in [0.1, 0.15) is 0 Å². The topological polar surface area (TPSA) is 37.3 Å². The van der Waals surface area contributed by atoms with E-state index in [0.29, 0.717) is 0 Å². The van der Waals surface area contributed by atoms with Crippen molar-refractivity contribution < 1.29 is 9.90 Å². The molecule has 0 spiro atoms. The predicted molar refractivity (Wildman–Crippen MR) is 42.7 cm³/mol. The number of rotatable bonds is 1. The van der Waals surface area contributed by atoms with Crippen LogP contribution in [-0.2, 0) is 4.79 Å². The van der Waals surface area contributed by atoms with Gasteiger partial charge in [-0.25, -0.2) is 0 Å². The summed E-state index contributed by atoms with van der Waals surface area (Å²) in [4.78, 5) is 13.9. The molecule has 0 aliphatic rings. The van der Waals surface area contributed by atoms with Crippen LogP contribution in [0.15, 0.2) is 0 Å². The van der Waals surface area contributed by atoms with Crippen LogP contribution >= 0.6 is 0 Å². The minimum atomic E-state index is -0.833. The maximum absolute atomic E-state index is 9.00. The summed E-state index contributed by atoms with van der Waals surface area (Å²) in [5, 5.41) is 7.42. The van der Waals surface area contributed by atoms with E-state index in [0.717, 1.165) is 6.92 Å². The van der Waals surface area contributed by atoms with Crippen molar-refractivity contribution in [2.45, 2.75) is 28.2 Å². The van der Waals surface area contributed by atoms with Gasteiger partial charge in [0.2, 0.25) is 0 Å². The normalized spacial score (nSPS) is 8.11. The Kier molecular flexibility index (Phi) is 11.0. The Bertz CT molecular complexity index is 67.5. The van der Waals surface area contributed by atoms with Gasteiger partial charge < -0.3 is 5.11 Å². The molecular weight excluding hydrogens is 223 g/mol. The van der Waals surface area contributed by atoms with Crippen molar-refractivity contribution in [3.63, 3.8) is 0 Å². The van der Waals surface area contributed by atoms with E-state index in [4.69, 9.17) is 9.90 Å². The molecule has 0 saturated carbocycles. The maximum atomic E-state index is 9.00. The standard InChI is InChI=1S/C2H4O2.C2H5.2CH3.Sn.H/c1-2(3)4;1-2;;;;/h1H3,(H,3,4);1H2,2H3;2*1H3;;. The van der Waals surface area contributed by atoms with Crippen LogP contribution in [0, 0.1) is 0 Å². The van der Waals surface area contributed by atoms with Gasteiger partial charge >= 0.3 is 41.0 Å². The average Bonchev–Trinajstić information content (AvgIpc) is 1.65. The first-order valence-corrected chi connectivity index (χ1v) is 12.1. The number of aliphatic carboxylic acids is 1. The third-order valence-electron chi connectivity index (χ3n) is 0.816. The van der Waals surface area contributed by atoms with E-state index in [9.17, 15) is 0 Å². The van der Waals surface area contributed by atoms with Crippen LogP contribution < -0.4 is 0 Å². The monoisotopic (exact) mass is 240 g/mol. The number of carboxylic acids is 1. The van der Waals surface area contributed by atoms with Gasteiger partial charge in [-0.3, -0.25) is 4.79 Å². The summed E-state index contributed by atoms with van der Waals surface area (Å²) in [6.45, 7) is 3.38. The van der Waals surface area contributed by atoms with E-state index in [-0.39, 0.29) is 0 Å². The molecule has 56 valence electrons. The van der Waals surface area contributed by atoms with Crippen LogP contribution in [0.2, 0.25) is 14.3 Å². The Morgan fingerprint density at radius 1 is 1.56 bits per heavy atom. The molecule has 0 unspecified atom stereocenters. The fraction of sp³-hybridized carbons (Fsp3) is 0.833. The summed E-state index contributed by atoms with van der Waals surface area (Å²) in [6.07, 6.45) is 0. The molecule has 0 amide bonds. The first kappa shape index (κ1) is 12.0. The van der Waals surface area contributed by atoms with E-state index in [1.165, 1.54) is 4.44 Å². The van der Waals surface area contributed by atoms with E-state index >= 15 is 0 Å². The average molecular weight is 239 g/mol. The van der Waals surface area contributed by atoms with Crippen molar-refractivity contribution >= 4 is 25.7 Å². The third-order valence-corrected chi connectivity index (χ3v) is 5.48. The summed E-state index contributed by atoms with van der Waals surface area (Å²) in [5.74, 6) is -0.833. The molecule has 3 heteroatoms. The summed E-state index contributed by atoms with van der Waals surface area (Å²) in [6, 6.07) is 0. The van der Waals surface area contributed by atoms with Gasteiger partial charge in [0.25, 0.3) is 5.97 Å². The Balaban J connectivity index is 0. The predicted octanol–water partition coefficient (Wildman–Crippen LogP) is 1.58. The SMILES string of the molecule is CC(=O)O.C[CH2][SnH]([CH3])[CH3]. The van der Waals surface area contributed by atoms with E-state index in [1.807, 2.05) is 0 Å². The molecule has 0 bridgehead atoms. The number of carboxylic acid groups (broad SMARTS) is 1. The van der Waals surface area contributed by atoms with Crippen molar-refractivity contribution in [1.82, 2.24) is 0 Å². The first-order chi connectivity index (χ1) is 4.00. The van der Waals surface area contributed by atoms with Crippen LogP contribution in [0.25, 0.3) is 0 Å². The zero-order valence-electron chi connectivity index (χ0n) is 6.64. The van der Waals surface area contributed by atoms with Gasteiger partial charge in [0.05, 0.1) is 0 Å². The Hall–Kier alpha value is 0.269. The van der Waals surface area contributed by atoms with Crippen molar-refractivity contribution in [2.75, 3.05) is 0 Å².